The molecule has 0 aliphatic heterocycles. The molecular formula is C12H16N3O4P. The van der Waals surface area contributed by atoms with Gasteiger partial charge < -0.3 is 9.79 Å². The Balaban J connectivity index is 2.10. The molecule has 0 spiro atoms. The van der Waals surface area contributed by atoms with Crippen molar-refractivity contribution in [2.45, 2.75) is 26.5 Å². The van der Waals surface area contributed by atoms with Crippen molar-refractivity contribution in [3.8, 4) is 11.4 Å². The Morgan fingerprint density at radius 2 is 1.95 bits per heavy atom. The highest BCUT2D eigenvalue weighted by Gasteiger charge is 2.14. The van der Waals surface area contributed by atoms with E-state index in [1.54, 1.807) is 0 Å². The van der Waals surface area contributed by atoms with Gasteiger partial charge in [0.15, 0.2) is 12.6 Å². The van der Waals surface area contributed by atoms with Crippen LogP contribution in [-0.4, -0.2) is 24.6 Å². The normalized spacial score (nSPS) is 12.1. The number of rotatable bonds is 5. The second-order valence-corrected chi connectivity index (χ2v) is 5.87. The molecule has 1 aromatic heterocycles. The fraction of sp³-hybridized carbons (Fsp3) is 0.333. The lowest BCUT2D eigenvalue weighted by atomic mass is 10.0. The lowest BCUT2D eigenvalue weighted by Crippen LogP contribution is -2.01. The summed E-state index contributed by atoms with van der Waals surface area (Å²) >= 11 is 0. The zero-order valence-corrected chi connectivity index (χ0v) is 12.1. The van der Waals surface area contributed by atoms with Crippen LogP contribution >= 0.6 is 7.82 Å². The van der Waals surface area contributed by atoms with E-state index in [1.807, 2.05) is 24.3 Å². The molecular weight excluding hydrogens is 281 g/mol. The first kappa shape index (κ1) is 14.9. The van der Waals surface area contributed by atoms with Crippen molar-refractivity contribution >= 4 is 7.82 Å². The number of phosphoric acid groups is 1. The van der Waals surface area contributed by atoms with Gasteiger partial charge in [-0.1, -0.05) is 38.1 Å². The molecule has 0 atom stereocenters. The highest BCUT2D eigenvalue weighted by Crippen LogP contribution is 2.35. The molecule has 7 nitrogen and oxygen atoms in total. The largest absolute Gasteiger partial charge is 0.471 e. The molecule has 20 heavy (non-hydrogen) atoms. The van der Waals surface area contributed by atoms with Gasteiger partial charge in [-0.3, -0.25) is 4.52 Å². The Kier molecular flexibility index (Phi) is 4.35. The van der Waals surface area contributed by atoms with Gasteiger partial charge in [-0.2, -0.15) is 0 Å². The molecule has 1 aromatic carbocycles. The number of phosphoric ester groups is 1. The van der Waals surface area contributed by atoms with Gasteiger partial charge in [-0.15, -0.1) is 5.10 Å². The van der Waals surface area contributed by atoms with Gasteiger partial charge in [0.1, 0.15) is 6.33 Å². The van der Waals surface area contributed by atoms with Gasteiger partial charge in [0, 0.05) is 5.56 Å². The monoisotopic (exact) mass is 297 g/mol. The van der Waals surface area contributed by atoms with E-state index in [9.17, 15) is 4.57 Å². The van der Waals surface area contributed by atoms with Crippen molar-refractivity contribution in [1.82, 2.24) is 14.8 Å². The summed E-state index contributed by atoms with van der Waals surface area (Å²) in [6, 6.07) is 7.84. The van der Waals surface area contributed by atoms with Crippen molar-refractivity contribution in [1.29, 1.82) is 0 Å². The van der Waals surface area contributed by atoms with E-state index in [4.69, 9.17) is 9.79 Å². The average Bonchev–Trinajstić information content (AvgIpc) is 2.84. The Bertz CT molecular complexity index is 618. The van der Waals surface area contributed by atoms with Crippen LogP contribution in [0, 0.1) is 0 Å². The highest BCUT2D eigenvalue weighted by atomic mass is 31.2. The Morgan fingerprint density at radius 1 is 1.30 bits per heavy atom. The van der Waals surface area contributed by atoms with Crippen LogP contribution in [0.4, 0.5) is 0 Å². The predicted molar refractivity (Wildman–Crippen MR) is 72.7 cm³/mol. The van der Waals surface area contributed by atoms with Gasteiger partial charge in [-0.25, -0.2) is 14.2 Å². The second kappa shape index (κ2) is 5.85. The van der Waals surface area contributed by atoms with E-state index in [0.717, 1.165) is 5.56 Å². The summed E-state index contributed by atoms with van der Waals surface area (Å²) in [7, 11) is -4.50. The number of benzene rings is 1. The van der Waals surface area contributed by atoms with E-state index < -0.39 is 7.82 Å². The lowest BCUT2D eigenvalue weighted by Gasteiger charge is -2.05. The SMILES string of the molecule is CC(C)c1ccc(-c2ncn(COP(=O)(O)O)n2)cc1. The minimum Gasteiger partial charge on any atom is -0.303 e. The van der Waals surface area contributed by atoms with Gasteiger partial charge in [0.25, 0.3) is 0 Å². The molecule has 0 aliphatic rings. The molecule has 2 rings (SSSR count). The zero-order chi connectivity index (χ0) is 14.8. The minimum absolute atomic E-state index is 0.346. The van der Waals surface area contributed by atoms with Gasteiger partial charge >= 0.3 is 7.82 Å². The first-order valence-electron chi connectivity index (χ1n) is 6.05. The van der Waals surface area contributed by atoms with Crippen LogP contribution < -0.4 is 0 Å². The van der Waals surface area contributed by atoms with Crippen molar-refractivity contribution in [2.24, 2.45) is 0 Å². The Morgan fingerprint density at radius 3 is 2.50 bits per heavy atom. The van der Waals surface area contributed by atoms with Crippen LogP contribution in [0.3, 0.4) is 0 Å². The standard InChI is InChI=1S/C12H16N3O4P/c1-9(2)10-3-5-11(6-4-10)12-13-7-15(14-12)8-19-20(16,17)18/h3-7,9H,8H2,1-2H3,(H2,16,17,18). The zero-order valence-electron chi connectivity index (χ0n) is 11.2. The van der Waals surface area contributed by atoms with Gasteiger partial charge in [0.2, 0.25) is 0 Å². The lowest BCUT2D eigenvalue weighted by molar-refractivity contribution is 0.145. The third-order valence-corrected chi connectivity index (χ3v) is 3.18. The summed E-state index contributed by atoms with van der Waals surface area (Å²) in [5.74, 6) is 0.931. The molecule has 0 amide bonds. The summed E-state index contributed by atoms with van der Waals surface area (Å²) in [5.41, 5.74) is 2.06. The summed E-state index contributed by atoms with van der Waals surface area (Å²) in [5, 5.41) is 4.10. The molecule has 0 radical (unpaired) electrons. The van der Waals surface area contributed by atoms with Crippen LogP contribution in [0.2, 0.25) is 0 Å². The molecule has 0 fully saturated rings. The van der Waals surface area contributed by atoms with Crippen LogP contribution in [0.1, 0.15) is 25.3 Å². The summed E-state index contributed by atoms with van der Waals surface area (Å²) in [6.45, 7) is 3.88. The molecule has 0 saturated carbocycles. The van der Waals surface area contributed by atoms with Crippen molar-refractivity contribution in [3.05, 3.63) is 36.2 Å². The molecule has 0 aliphatic carbocycles. The number of hydrogen-bond donors (Lipinski definition) is 2. The van der Waals surface area contributed by atoms with Crippen LogP contribution in [-0.2, 0) is 15.8 Å². The van der Waals surface area contributed by atoms with Gasteiger partial charge in [0.05, 0.1) is 0 Å². The maximum Gasteiger partial charge on any atom is 0.471 e. The number of hydrogen-bond acceptors (Lipinski definition) is 4. The first-order chi connectivity index (χ1) is 9.35. The van der Waals surface area contributed by atoms with Crippen LogP contribution in [0.15, 0.2) is 30.6 Å². The summed E-state index contributed by atoms with van der Waals surface area (Å²) in [4.78, 5) is 21.3. The first-order valence-corrected chi connectivity index (χ1v) is 7.58. The molecule has 0 saturated heterocycles. The third-order valence-electron chi connectivity index (χ3n) is 2.73. The van der Waals surface area contributed by atoms with Crippen molar-refractivity contribution < 1.29 is 18.9 Å². The Hall–Kier alpha value is -1.53. The van der Waals surface area contributed by atoms with E-state index in [1.165, 1.54) is 16.6 Å². The summed E-state index contributed by atoms with van der Waals surface area (Å²) < 4.78 is 16.2. The molecule has 2 N–H and O–H groups in total. The summed E-state index contributed by atoms with van der Waals surface area (Å²) in [6.07, 6.45) is 1.36. The fourth-order valence-electron chi connectivity index (χ4n) is 1.64. The molecule has 0 unspecified atom stereocenters. The quantitative estimate of drug-likeness (QED) is 0.820. The smallest absolute Gasteiger partial charge is 0.303 e. The predicted octanol–water partition coefficient (Wildman–Crippen LogP) is 2.14. The number of aromatic nitrogens is 3. The fourth-order valence-corrected chi connectivity index (χ4v) is 1.91. The van der Waals surface area contributed by atoms with Crippen LogP contribution in [0.25, 0.3) is 11.4 Å². The molecule has 108 valence electrons. The van der Waals surface area contributed by atoms with E-state index in [-0.39, 0.29) is 6.73 Å². The molecule has 8 heteroatoms. The number of nitrogens with zero attached hydrogens (tertiary/aromatic N) is 3. The van der Waals surface area contributed by atoms with E-state index >= 15 is 0 Å². The topological polar surface area (TPSA) is 97.5 Å². The highest BCUT2D eigenvalue weighted by molar-refractivity contribution is 7.46. The maximum atomic E-state index is 10.6. The van der Waals surface area contributed by atoms with Crippen molar-refractivity contribution in [3.63, 3.8) is 0 Å². The molecule has 1 heterocycles. The van der Waals surface area contributed by atoms with E-state index in [0.29, 0.717) is 11.7 Å². The molecule has 2 aromatic rings. The molecule has 0 bridgehead atoms. The maximum absolute atomic E-state index is 10.6. The Labute approximate surface area is 116 Å². The average molecular weight is 297 g/mol. The third kappa shape index (κ3) is 3.98. The van der Waals surface area contributed by atoms with Crippen LogP contribution in [0.5, 0.6) is 0 Å². The van der Waals surface area contributed by atoms with E-state index in [2.05, 4.69) is 28.5 Å². The van der Waals surface area contributed by atoms with Crippen molar-refractivity contribution in [2.75, 3.05) is 0 Å². The minimum atomic E-state index is -4.50. The second-order valence-electron chi connectivity index (χ2n) is 4.63. The van der Waals surface area contributed by atoms with Gasteiger partial charge in [-0.05, 0) is 11.5 Å².